The number of nitrogens with one attached hydrogen (secondary N) is 1. The molecule has 92 valence electrons. The van der Waals surface area contributed by atoms with Crippen LogP contribution in [0.15, 0.2) is 30.3 Å². The van der Waals surface area contributed by atoms with E-state index in [4.69, 9.17) is 9.84 Å². The second-order valence-corrected chi connectivity index (χ2v) is 3.51. The molecule has 0 aliphatic heterocycles. The molecule has 1 aromatic carbocycles. The van der Waals surface area contributed by atoms with Gasteiger partial charge < -0.3 is 15.2 Å². The van der Waals surface area contributed by atoms with Gasteiger partial charge >= 0.3 is 5.97 Å². The average Bonchev–Trinajstić information content (AvgIpc) is 2.33. The summed E-state index contributed by atoms with van der Waals surface area (Å²) >= 11 is 0. The van der Waals surface area contributed by atoms with Crippen LogP contribution in [0.3, 0.4) is 0 Å². The van der Waals surface area contributed by atoms with E-state index < -0.39 is 5.97 Å². The quantitative estimate of drug-likeness (QED) is 0.707. The molecule has 0 unspecified atom stereocenters. The number of hydrogen-bond acceptors (Lipinski definition) is 3. The van der Waals surface area contributed by atoms with Crippen molar-refractivity contribution in [2.45, 2.75) is 6.42 Å². The van der Waals surface area contributed by atoms with Crippen molar-refractivity contribution in [2.75, 3.05) is 20.2 Å². The lowest BCUT2D eigenvalue weighted by Crippen LogP contribution is -2.10. The van der Waals surface area contributed by atoms with Crippen molar-refractivity contribution < 1.29 is 14.6 Å². The molecule has 0 fully saturated rings. The first-order valence-corrected chi connectivity index (χ1v) is 5.49. The molecule has 0 atom stereocenters. The minimum atomic E-state index is -0.973. The molecule has 1 rings (SSSR count). The normalized spacial score (nSPS) is 10.6. The van der Waals surface area contributed by atoms with Crippen LogP contribution in [0.2, 0.25) is 0 Å². The summed E-state index contributed by atoms with van der Waals surface area (Å²) in [6.07, 6.45) is 4.89. The third-order valence-corrected chi connectivity index (χ3v) is 2.13. The lowest BCUT2D eigenvalue weighted by molar-refractivity contribution is -0.139. The second kappa shape index (κ2) is 7.46. The van der Waals surface area contributed by atoms with Gasteiger partial charge in [0.1, 0.15) is 5.75 Å². The highest BCUT2D eigenvalue weighted by Gasteiger charge is 2.02. The van der Waals surface area contributed by atoms with Gasteiger partial charge in [-0.05, 0) is 26.1 Å². The number of carboxylic acid groups (broad SMARTS) is 1. The van der Waals surface area contributed by atoms with Crippen molar-refractivity contribution in [3.63, 3.8) is 0 Å². The summed E-state index contributed by atoms with van der Waals surface area (Å²) in [5, 5.41) is 11.6. The Labute approximate surface area is 101 Å². The maximum atomic E-state index is 10.4. The summed E-state index contributed by atoms with van der Waals surface area (Å²) in [6, 6.07) is 7.38. The van der Waals surface area contributed by atoms with Gasteiger partial charge in [0.25, 0.3) is 0 Å². The number of benzene rings is 1. The molecule has 0 saturated carbocycles. The molecule has 0 aliphatic rings. The van der Waals surface area contributed by atoms with Crippen LogP contribution in [-0.4, -0.2) is 31.3 Å². The monoisotopic (exact) mass is 235 g/mol. The van der Waals surface area contributed by atoms with Gasteiger partial charge in [-0.25, -0.2) is 4.79 Å². The third-order valence-electron chi connectivity index (χ3n) is 2.13. The fourth-order valence-corrected chi connectivity index (χ4v) is 1.33. The van der Waals surface area contributed by atoms with Gasteiger partial charge in [0.2, 0.25) is 0 Å². The highest BCUT2D eigenvalue weighted by molar-refractivity contribution is 5.69. The van der Waals surface area contributed by atoms with Crippen LogP contribution in [0.4, 0.5) is 0 Å². The molecule has 0 amide bonds. The minimum absolute atomic E-state index is 0.318. The Morgan fingerprint density at radius 3 is 2.94 bits per heavy atom. The Kier molecular flexibility index (Phi) is 5.82. The molecule has 4 heteroatoms. The first-order valence-electron chi connectivity index (χ1n) is 5.49. The van der Waals surface area contributed by atoms with Crippen molar-refractivity contribution in [2.24, 2.45) is 0 Å². The zero-order valence-corrected chi connectivity index (χ0v) is 9.85. The Morgan fingerprint density at radius 2 is 2.24 bits per heavy atom. The number of hydrogen-bond donors (Lipinski definition) is 2. The zero-order chi connectivity index (χ0) is 12.5. The van der Waals surface area contributed by atoms with E-state index in [1.807, 2.05) is 37.4 Å². The maximum Gasteiger partial charge on any atom is 0.341 e. The molecule has 0 aromatic heterocycles. The van der Waals surface area contributed by atoms with Crippen LogP contribution in [-0.2, 0) is 4.79 Å². The van der Waals surface area contributed by atoms with Crippen LogP contribution < -0.4 is 10.1 Å². The van der Waals surface area contributed by atoms with Gasteiger partial charge in [-0.15, -0.1) is 0 Å². The largest absolute Gasteiger partial charge is 0.481 e. The number of ether oxygens (including phenoxy) is 1. The van der Waals surface area contributed by atoms with Crippen LogP contribution >= 0.6 is 0 Å². The van der Waals surface area contributed by atoms with Crippen molar-refractivity contribution in [3.05, 3.63) is 35.9 Å². The highest BCUT2D eigenvalue weighted by atomic mass is 16.5. The number of carboxylic acids is 1. The van der Waals surface area contributed by atoms with Gasteiger partial charge in [0, 0.05) is 5.56 Å². The minimum Gasteiger partial charge on any atom is -0.481 e. The molecule has 2 N–H and O–H groups in total. The van der Waals surface area contributed by atoms with Crippen LogP contribution in [0.1, 0.15) is 12.0 Å². The predicted molar refractivity (Wildman–Crippen MR) is 67.2 cm³/mol. The van der Waals surface area contributed by atoms with Gasteiger partial charge in [-0.2, -0.15) is 0 Å². The summed E-state index contributed by atoms with van der Waals surface area (Å²) in [5.41, 5.74) is 0.893. The molecule has 0 bridgehead atoms. The molecule has 0 aliphatic carbocycles. The van der Waals surface area contributed by atoms with Crippen LogP contribution in [0.5, 0.6) is 5.75 Å². The lowest BCUT2D eigenvalue weighted by atomic mass is 10.2. The zero-order valence-electron chi connectivity index (χ0n) is 9.85. The Morgan fingerprint density at radius 1 is 1.47 bits per heavy atom. The molecule has 1 aromatic rings. The van der Waals surface area contributed by atoms with Crippen LogP contribution in [0, 0.1) is 0 Å². The summed E-state index contributed by atoms with van der Waals surface area (Å²) in [7, 11) is 1.90. The topological polar surface area (TPSA) is 58.6 Å². The van der Waals surface area contributed by atoms with E-state index in [2.05, 4.69) is 5.32 Å². The van der Waals surface area contributed by atoms with Gasteiger partial charge in [0.15, 0.2) is 6.61 Å². The molecule has 0 saturated heterocycles. The number of rotatable bonds is 7. The molecule has 0 heterocycles. The molecular weight excluding hydrogens is 218 g/mol. The molecule has 0 spiro atoms. The molecular formula is C13H17NO3. The van der Waals surface area contributed by atoms with E-state index >= 15 is 0 Å². The van der Waals surface area contributed by atoms with Crippen molar-refractivity contribution in [3.8, 4) is 5.75 Å². The first kappa shape index (κ1) is 13.3. The van der Waals surface area contributed by atoms with Crippen molar-refractivity contribution in [1.82, 2.24) is 5.32 Å². The Hall–Kier alpha value is -1.81. The molecule has 4 nitrogen and oxygen atoms in total. The van der Waals surface area contributed by atoms with E-state index in [-0.39, 0.29) is 6.61 Å². The van der Waals surface area contributed by atoms with Crippen molar-refractivity contribution >= 4 is 12.0 Å². The average molecular weight is 235 g/mol. The van der Waals surface area contributed by atoms with E-state index in [0.29, 0.717) is 5.75 Å². The summed E-state index contributed by atoms with van der Waals surface area (Å²) in [4.78, 5) is 10.4. The first-order chi connectivity index (χ1) is 8.24. The Bertz CT molecular complexity index is 388. The summed E-state index contributed by atoms with van der Waals surface area (Å²) < 4.78 is 5.19. The van der Waals surface area contributed by atoms with Gasteiger partial charge in [0.05, 0.1) is 0 Å². The molecule has 17 heavy (non-hydrogen) atoms. The van der Waals surface area contributed by atoms with Gasteiger partial charge in [-0.1, -0.05) is 30.4 Å². The van der Waals surface area contributed by atoms with E-state index in [9.17, 15) is 4.79 Å². The number of para-hydroxylation sites is 1. The SMILES string of the molecule is CNCCC=Cc1ccccc1OCC(=O)O. The smallest absolute Gasteiger partial charge is 0.341 e. The fourth-order valence-electron chi connectivity index (χ4n) is 1.33. The lowest BCUT2D eigenvalue weighted by Gasteiger charge is -2.06. The maximum absolute atomic E-state index is 10.4. The van der Waals surface area contributed by atoms with Crippen molar-refractivity contribution in [1.29, 1.82) is 0 Å². The third kappa shape index (κ3) is 5.17. The number of carbonyl (C=O) groups is 1. The van der Waals surface area contributed by atoms with E-state index in [1.54, 1.807) is 6.07 Å². The van der Waals surface area contributed by atoms with Gasteiger partial charge in [-0.3, -0.25) is 0 Å². The predicted octanol–water partition coefficient (Wildman–Crippen LogP) is 1.77. The second-order valence-electron chi connectivity index (χ2n) is 3.51. The summed E-state index contributed by atoms with van der Waals surface area (Å²) in [6.45, 7) is 0.593. The molecule has 0 radical (unpaired) electrons. The van der Waals surface area contributed by atoms with E-state index in [1.165, 1.54) is 0 Å². The van der Waals surface area contributed by atoms with E-state index in [0.717, 1.165) is 18.5 Å². The fraction of sp³-hybridized carbons (Fsp3) is 0.308. The number of aliphatic carboxylic acids is 1. The Balaban J connectivity index is 2.63. The summed E-state index contributed by atoms with van der Waals surface area (Å²) in [5.74, 6) is -0.380. The van der Waals surface area contributed by atoms with Crippen LogP contribution in [0.25, 0.3) is 6.08 Å². The standard InChI is InChI=1S/C13H17NO3/c1-14-9-5-4-7-11-6-2-3-8-12(11)17-10-13(15)16/h2-4,6-8,14H,5,9-10H2,1H3,(H,15,16). The highest BCUT2D eigenvalue weighted by Crippen LogP contribution is 2.19.